The highest BCUT2D eigenvalue weighted by atomic mass is 35.5. The van der Waals surface area contributed by atoms with E-state index >= 15 is 0 Å². The van der Waals surface area contributed by atoms with E-state index in [9.17, 15) is 9.90 Å². The summed E-state index contributed by atoms with van der Waals surface area (Å²) in [7, 11) is 0. The van der Waals surface area contributed by atoms with Gasteiger partial charge in [0.2, 0.25) is 0 Å². The smallest absolute Gasteiger partial charge is 0.314 e. The van der Waals surface area contributed by atoms with Gasteiger partial charge in [-0.05, 0) is 42.0 Å². The standard InChI is InChI=1S/C15H13ClO4/c16-11-3-1-2-10(8-11)14(15(18)19)9-20-13-6-4-12(17)5-7-13/h1-8,14,17H,9H2,(H,18,19). The van der Waals surface area contributed by atoms with Crippen molar-refractivity contribution in [2.24, 2.45) is 0 Å². The van der Waals surface area contributed by atoms with Gasteiger partial charge in [-0.25, -0.2) is 0 Å². The molecule has 104 valence electrons. The van der Waals surface area contributed by atoms with Crippen LogP contribution in [-0.2, 0) is 4.79 Å². The fraction of sp³-hybridized carbons (Fsp3) is 0.133. The molecule has 4 nitrogen and oxygen atoms in total. The van der Waals surface area contributed by atoms with E-state index in [2.05, 4.69) is 0 Å². The Balaban J connectivity index is 2.10. The van der Waals surface area contributed by atoms with Crippen LogP contribution in [0.4, 0.5) is 0 Å². The van der Waals surface area contributed by atoms with Crippen molar-refractivity contribution in [2.75, 3.05) is 6.61 Å². The van der Waals surface area contributed by atoms with E-state index in [1.807, 2.05) is 0 Å². The lowest BCUT2D eigenvalue weighted by Gasteiger charge is -2.14. The fourth-order valence-corrected chi connectivity index (χ4v) is 1.95. The molecule has 0 fully saturated rings. The first-order chi connectivity index (χ1) is 9.56. The molecule has 1 atom stereocenters. The third-order valence-electron chi connectivity index (χ3n) is 2.80. The van der Waals surface area contributed by atoms with Gasteiger partial charge in [-0.15, -0.1) is 0 Å². The minimum Gasteiger partial charge on any atom is -0.508 e. The highest BCUT2D eigenvalue weighted by molar-refractivity contribution is 6.30. The van der Waals surface area contributed by atoms with Gasteiger partial charge < -0.3 is 14.9 Å². The normalized spacial score (nSPS) is 11.8. The van der Waals surface area contributed by atoms with Crippen LogP contribution < -0.4 is 4.74 Å². The molecule has 20 heavy (non-hydrogen) atoms. The summed E-state index contributed by atoms with van der Waals surface area (Å²) in [4.78, 5) is 11.3. The molecule has 5 heteroatoms. The minimum absolute atomic E-state index is 0.0134. The maximum atomic E-state index is 11.3. The first kappa shape index (κ1) is 14.2. The van der Waals surface area contributed by atoms with Gasteiger partial charge in [-0.2, -0.15) is 0 Å². The van der Waals surface area contributed by atoms with Crippen LogP contribution in [0.3, 0.4) is 0 Å². The summed E-state index contributed by atoms with van der Waals surface area (Å²) >= 11 is 5.87. The van der Waals surface area contributed by atoms with Crippen LogP contribution in [0.15, 0.2) is 48.5 Å². The van der Waals surface area contributed by atoms with Crippen LogP contribution in [0.25, 0.3) is 0 Å². The molecular formula is C15H13ClO4. The van der Waals surface area contributed by atoms with E-state index in [4.69, 9.17) is 21.4 Å². The summed E-state index contributed by atoms with van der Waals surface area (Å²) < 4.78 is 5.44. The molecule has 0 aliphatic carbocycles. The Morgan fingerprint density at radius 3 is 2.50 bits per heavy atom. The van der Waals surface area contributed by atoms with E-state index in [1.165, 1.54) is 12.1 Å². The molecule has 0 aromatic heterocycles. The van der Waals surface area contributed by atoms with Gasteiger partial charge in [0.25, 0.3) is 0 Å². The van der Waals surface area contributed by atoms with Crippen LogP contribution in [0.1, 0.15) is 11.5 Å². The number of hydrogen-bond donors (Lipinski definition) is 2. The maximum absolute atomic E-state index is 11.3. The first-order valence-electron chi connectivity index (χ1n) is 5.96. The van der Waals surface area contributed by atoms with Crippen LogP contribution in [0.2, 0.25) is 5.02 Å². The zero-order valence-electron chi connectivity index (χ0n) is 10.5. The maximum Gasteiger partial charge on any atom is 0.314 e. The third-order valence-corrected chi connectivity index (χ3v) is 3.04. The monoisotopic (exact) mass is 292 g/mol. The number of rotatable bonds is 5. The second-order valence-corrected chi connectivity index (χ2v) is 4.69. The number of phenols is 1. The molecule has 2 rings (SSSR count). The molecule has 0 aliphatic heterocycles. The van der Waals surface area contributed by atoms with Gasteiger partial charge in [0.15, 0.2) is 0 Å². The lowest BCUT2D eigenvalue weighted by Crippen LogP contribution is -2.19. The van der Waals surface area contributed by atoms with E-state index in [1.54, 1.807) is 36.4 Å². The molecular weight excluding hydrogens is 280 g/mol. The van der Waals surface area contributed by atoms with Crippen molar-refractivity contribution in [3.05, 3.63) is 59.1 Å². The number of halogens is 1. The van der Waals surface area contributed by atoms with Crippen molar-refractivity contribution in [2.45, 2.75) is 5.92 Å². The number of phenolic OH excluding ortho intramolecular Hbond substituents is 1. The highest BCUT2D eigenvalue weighted by Gasteiger charge is 2.21. The van der Waals surface area contributed by atoms with Gasteiger partial charge in [-0.1, -0.05) is 23.7 Å². The largest absolute Gasteiger partial charge is 0.508 e. The number of aromatic hydroxyl groups is 1. The minimum atomic E-state index is -0.981. The number of carboxylic acid groups (broad SMARTS) is 1. The number of ether oxygens (including phenoxy) is 1. The number of carbonyl (C=O) groups is 1. The van der Waals surface area contributed by atoms with Crippen molar-refractivity contribution >= 4 is 17.6 Å². The Hall–Kier alpha value is -2.20. The molecule has 2 aromatic carbocycles. The molecule has 0 saturated heterocycles. The second-order valence-electron chi connectivity index (χ2n) is 4.25. The predicted octanol–water partition coefficient (Wildman–Crippen LogP) is 3.29. The van der Waals surface area contributed by atoms with Crippen LogP contribution in [0, 0.1) is 0 Å². The zero-order valence-corrected chi connectivity index (χ0v) is 11.2. The Morgan fingerprint density at radius 1 is 1.20 bits per heavy atom. The summed E-state index contributed by atoms with van der Waals surface area (Å²) in [5, 5.41) is 18.9. The third kappa shape index (κ3) is 3.65. The Kier molecular flexibility index (Phi) is 4.48. The molecule has 0 heterocycles. The number of benzene rings is 2. The zero-order chi connectivity index (χ0) is 14.5. The lowest BCUT2D eigenvalue weighted by atomic mass is 10.0. The lowest BCUT2D eigenvalue weighted by molar-refractivity contribution is -0.139. The molecule has 0 aliphatic rings. The van der Waals surface area contributed by atoms with Gasteiger partial charge in [0.1, 0.15) is 24.0 Å². The first-order valence-corrected chi connectivity index (χ1v) is 6.34. The molecule has 2 N–H and O–H groups in total. The van der Waals surface area contributed by atoms with Crippen molar-refractivity contribution in [1.29, 1.82) is 0 Å². The summed E-state index contributed by atoms with van der Waals surface area (Å²) in [5.41, 5.74) is 0.587. The molecule has 2 aromatic rings. The molecule has 0 radical (unpaired) electrons. The Morgan fingerprint density at radius 2 is 1.90 bits per heavy atom. The average molecular weight is 293 g/mol. The summed E-state index contributed by atoms with van der Waals surface area (Å²) in [6.07, 6.45) is 0. The van der Waals surface area contributed by atoms with Crippen molar-refractivity contribution in [3.63, 3.8) is 0 Å². The fourth-order valence-electron chi connectivity index (χ4n) is 1.76. The van der Waals surface area contributed by atoms with Crippen molar-refractivity contribution in [1.82, 2.24) is 0 Å². The number of aliphatic carboxylic acids is 1. The van der Waals surface area contributed by atoms with Gasteiger partial charge >= 0.3 is 5.97 Å². The van der Waals surface area contributed by atoms with Gasteiger partial charge in [0.05, 0.1) is 0 Å². The summed E-state index contributed by atoms with van der Waals surface area (Å²) in [6, 6.07) is 12.8. The molecule has 0 spiro atoms. The second kappa shape index (κ2) is 6.30. The van der Waals surface area contributed by atoms with E-state index in [-0.39, 0.29) is 12.4 Å². The number of hydrogen-bond acceptors (Lipinski definition) is 3. The van der Waals surface area contributed by atoms with E-state index in [0.717, 1.165) is 0 Å². The van der Waals surface area contributed by atoms with E-state index < -0.39 is 11.9 Å². The number of carboxylic acids is 1. The SMILES string of the molecule is O=C(O)C(COc1ccc(O)cc1)c1cccc(Cl)c1. The van der Waals surface area contributed by atoms with Gasteiger partial charge in [0, 0.05) is 5.02 Å². The topological polar surface area (TPSA) is 66.8 Å². The Bertz CT molecular complexity index is 595. The van der Waals surface area contributed by atoms with Crippen LogP contribution in [-0.4, -0.2) is 22.8 Å². The molecule has 0 bridgehead atoms. The Labute approximate surface area is 121 Å². The van der Waals surface area contributed by atoms with Crippen LogP contribution in [0.5, 0.6) is 11.5 Å². The van der Waals surface area contributed by atoms with E-state index in [0.29, 0.717) is 16.3 Å². The molecule has 0 amide bonds. The van der Waals surface area contributed by atoms with Crippen molar-refractivity contribution < 1.29 is 19.7 Å². The average Bonchev–Trinajstić information content (AvgIpc) is 2.41. The van der Waals surface area contributed by atoms with Gasteiger partial charge in [-0.3, -0.25) is 4.79 Å². The highest BCUT2D eigenvalue weighted by Crippen LogP contribution is 2.22. The molecule has 0 saturated carbocycles. The van der Waals surface area contributed by atoms with Crippen LogP contribution >= 0.6 is 11.6 Å². The van der Waals surface area contributed by atoms with Crippen molar-refractivity contribution in [3.8, 4) is 11.5 Å². The quantitative estimate of drug-likeness (QED) is 0.887. The predicted molar refractivity (Wildman–Crippen MR) is 75.4 cm³/mol. The molecule has 1 unspecified atom stereocenters. The summed E-state index contributed by atoms with van der Waals surface area (Å²) in [5.74, 6) is -1.16. The summed E-state index contributed by atoms with van der Waals surface area (Å²) in [6.45, 7) is -0.0134.